The molecule has 4 heteroatoms. The highest BCUT2D eigenvalue weighted by Gasteiger charge is 2.20. The maximum absolute atomic E-state index is 11.7. The zero-order valence-corrected chi connectivity index (χ0v) is 9.89. The SMILES string of the molecule is C=CCOC(=O)c1cccc(CC=C)c1C(=O)O. The summed E-state index contributed by atoms with van der Waals surface area (Å²) in [6.45, 7) is 7.03. The maximum atomic E-state index is 11.7. The molecule has 0 fully saturated rings. The first-order valence-corrected chi connectivity index (χ1v) is 5.36. The van der Waals surface area contributed by atoms with Gasteiger partial charge in [0.2, 0.25) is 0 Å². The van der Waals surface area contributed by atoms with Gasteiger partial charge in [-0.25, -0.2) is 9.59 Å². The Kier molecular flexibility index (Phi) is 4.87. The number of carbonyl (C=O) groups excluding carboxylic acids is 1. The minimum atomic E-state index is -1.15. The normalized spacial score (nSPS) is 9.56. The van der Waals surface area contributed by atoms with Crippen molar-refractivity contribution in [2.45, 2.75) is 6.42 Å². The van der Waals surface area contributed by atoms with E-state index >= 15 is 0 Å². The standard InChI is InChI=1S/C14H14O4/c1-3-6-10-7-5-8-11(12(10)13(15)16)14(17)18-9-4-2/h3-5,7-8H,1-2,6,9H2,(H,15,16). The van der Waals surface area contributed by atoms with Gasteiger partial charge in [-0.05, 0) is 18.1 Å². The fraction of sp³-hybridized carbons (Fsp3) is 0.143. The van der Waals surface area contributed by atoms with Crippen molar-refractivity contribution >= 4 is 11.9 Å². The molecule has 0 amide bonds. The van der Waals surface area contributed by atoms with Crippen molar-refractivity contribution in [3.8, 4) is 0 Å². The molecule has 1 aromatic carbocycles. The zero-order chi connectivity index (χ0) is 13.5. The van der Waals surface area contributed by atoms with Gasteiger partial charge in [0, 0.05) is 0 Å². The van der Waals surface area contributed by atoms with Crippen LogP contribution in [-0.2, 0) is 11.2 Å². The zero-order valence-electron chi connectivity index (χ0n) is 9.89. The number of rotatable bonds is 6. The van der Waals surface area contributed by atoms with Gasteiger partial charge in [0.15, 0.2) is 0 Å². The molecule has 0 aliphatic carbocycles. The molecule has 4 nitrogen and oxygen atoms in total. The van der Waals surface area contributed by atoms with Crippen LogP contribution in [0.25, 0.3) is 0 Å². The second kappa shape index (κ2) is 6.39. The van der Waals surface area contributed by atoms with E-state index in [1.54, 1.807) is 18.2 Å². The number of aromatic carboxylic acids is 1. The molecule has 0 saturated heterocycles. The van der Waals surface area contributed by atoms with E-state index in [9.17, 15) is 14.7 Å². The van der Waals surface area contributed by atoms with Crippen LogP contribution < -0.4 is 0 Å². The summed E-state index contributed by atoms with van der Waals surface area (Å²) in [6, 6.07) is 4.70. The molecule has 1 aromatic rings. The molecule has 1 N–H and O–H groups in total. The maximum Gasteiger partial charge on any atom is 0.339 e. The van der Waals surface area contributed by atoms with Gasteiger partial charge in [-0.1, -0.05) is 30.9 Å². The van der Waals surface area contributed by atoms with Crippen LogP contribution in [0.5, 0.6) is 0 Å². The predicted molar refractivity (Wildman–Crippen MR) is 67.8 cm³/mol. The van der Waals surface area contributed by atoms with E-state index in [0.717, 1.165) is 0 Å². The lowest BCUT2D eigenvalue weighted by molar-refractivity contribution is 0.0536. The Bertz CT molecular complexity index is 489. The van der Waals surface area contributed by atoms with Gasteiger partial charge < -0.3 is 9.84 Å². The van der Waals surface area contributed by atoms with Crippen LogP contribution in [0.4, 0.5) is 0 Å². The molecule has 0 bridgehead atoms. The third-order valence-electron chi connectivity index (χ3n) is 2.28. The van der Waals surface area contributed by atoms with Gasteiger partial charge >= 0.3 is 11.9 Å². The van der Waals surface area contributed by atoms with E-state index in [-0.39, 0.29) is 17.7 Å². The van der Waals surface area contributed by atoms with Crippen LogP contribution in [0.15, 0.2) is 43.5 Å². The summed E-state index contributed by atoms with van der Waals surface area (Å²) in [7, 11) is 0. The van der Waals surface area contributed by atoms with E-state index in [2.05, 4.69) is 13.2 Å². The molecule has 0 aliphatic rings. The molecule has 18 heavy (non-hydrogen) atoms. The fourth-order valence-corrected chi connectivity index (χ4v) is 1.56. The summed E-state index contributed by atoms with van der Waals surface area (Å²) < 4.78 is 4.86. The van der Waals surface area contributed by atoms with E-state index in [1.165, 1.54) is 12.1 Å². The van der Waals surface area contributed by atoms with Crippen LogP contribution >= 0.6 is 0 Å². The molecular formula is C14H14O4. The van der Waals surface area contributed by atoms with Crippen molar-refractivity contribution in [1.29, 1.82) is 0 Å². The van der Waals surface area contributed by atoms with Gasteiger partial charge in [-0.15, -0.1) is 6.58 Å². The molecule has 0 aliphatic heterocycles. The minimum Gasteiger partial charge on any atom is -0.478 e. The molecule has 94 valence electrons. The number of carbonyl (C=O) groups is 2. The van der Waals surface area contributed by atoms with Gasteiger partial charge in [0.05, 0.1) is 11.1 Å². The molecule has 0 spiro atoms. The molecule has 0 aromatic heterocycles. The Morgan fingerprint density at radius 3 is 2.56 bits per heavy atom. The molecule has 1 rings (SSSR count). The Hall–Kier alpha value is -2.36. The Labute approximate surface area is 105 Å². The number of esters is 1. The molecule has 0 saturated carbocycles. The first-order chi connectivity index (χ1) is 8.61. The molecule has 0 heterocycles. The summed E-state index contributed by atoms with van der Waals surface area (Å²) in [5, 5.41) is 9.19. The highest BCUT2D eigenvalue weighted by Crippen LogP contribution is 2.17. The number of carboxylic acid groups (broad SMARTS) is 1. The topological polar surface area (TPSA) is 63.6 Å². The van der Waals surface area contributed by atoms with Crippen LogP contribution in [0.3, 0.4) is 0 Å². The molecule has 0 radical (unpaired) electrons. The largest absolute Gasteiger partial charge is 0.478 e. The number of carboxylic acids is 1. The van der Waals surface area contributed by atoms with Crippen LogP contribution in [-0.4, -0.2) is 23.7 Å². The fourth-order valence-electron chi connectivity index (χ4n) is 1.56. The highest BCUT2D eigenvalue weighted by molar-refractivity contribution is 6.03. The van der Waals surface area contributed by atoms with Crippen molar-refractivity contribution in [2.75, 3.05) is 6.61 Å². The van der Waals surface area contributed by atoms with E-state index in [0.29, 0.717) is 12.0 Å². The third-order valence-corrected chi connectivity index (χ3v) is 2.28. The number of allylic oxidation sites excluding steroid dienone is 1. The Morgan fingerprint density at radius 2 is 2.00 bits per heavy atom. The van der Waals surface area contributed by atoms with Gasteiger partial charge in [-0.2, -0.15) is 0 Å². The quantitative estimate of drug-likeness (QED) is 0.618. The van der Waals surface area contributed by atoms with Gasteiger partial charge in [0.25, 0.3) is 0 Å². The average Bonchev–Trinajstić information content (AvgIpc) is 2.35. The van der Waals surface area contributed by atoms with Gasteiger partial charge in [0.1, 0.15) is 6.61 Å². The van der Waals surface area contributed by atoms with Crippen LogP contribution in [0.1, 0.15) is 26.3 Å². The Balaban J connectivity index is 3.21. The third kappa shape index (κ3) is 3.07. The summed E-state index contributed by atoms with van der Waals surface area (Å²) in [5.41, 5.74) is 0.542. The first-order valence-electron chi connectivity index (χ1n) is 5.36. The van der Waals surface area contributed by atoms with Crippen LogP contribution in [0, 0.1) is 0 Å². The summed E-state index contributed by atoms with van der Waals surface area (Å²) in [5.74, 6) is -1.82. The lowest BCUT2D eigenvalue weighted by Crippen LogP contribution is -2.14. The lowest BCUT2D eigenvalue weighted by Gasteiger charge is -2.09. The number of benzene rings is 1. The van der Waals surface area contributed by atoms with E-state index in [4.69, 9.17) is 4.74 Å². The van der Waals surface area contributed by atoms with E-state index in [1.807, 2.05) is 0 Å². The summed E-state index contributed by atoms with van der Waals surface area (Å²) in [4.78, 5) is 23.0. The lowest BCUT2D eigenvalue weighted by atomic mass is 9.99. The van der Waals surface area contributed by atoms with Crippen molar-refractivity contribution in [3.05, 3.63) is 60.2 Å². The smallest absolute Gasteiger partial charge is 0.339 e. The minimum absolute atomic E-state index is 0.0357. The second-order valence-electron chi connectivity index (χ2n) is 3.52. The molecule has 0 atom stereocenters. The number of ether oxygens (including phenoxy) is 1. The van der Waals surface area contributed by atoms with Crippen molar-refractivity contribution in [3.63, 3.8) is 0 Å². The van der Waals surface area contributed by atoms with Crippen molar-refractivity contribution in [2.24, 2.45) is 0 Å². The van der Waals surface area contributed by atoms with Crippen molar-refractivity contribution < 1.29 is 19.4 Å². The highest BCUT2D eigenvalue weighted by atomic mass is 16.5. The predicted octanol–water partition coefficient (Wildman–Crippen LogP) is 2.46. The van der Waals surface area contributed by atoms with Gasteiger partial charge in [-0.3, -0.25) is 0 Å². The van der Waals surface area contributed by atoms with E-state index < -0.39 is 11.9 Å². The van der Waals surface area contributed by atoms with Crippen LogP contribution in [0.2, 0.25) is 0 Å². The monoisotopic (exact) mass is 246 g/mol. The van der Waals surface area contributed by atoms with Crippen molar-refractivity contribution in [1.82, 2.24) is 0 Å². The molecular weight excluding hydrogens is 232 g/mol. The average molecular weight is 246 g/mol. The number of hydrogen-bond acceptors (Lipinski definition) is 3. The molecule has 0 unspecified atom stereocenters. The summed E-state index contributed by atoms with van der Waals surface area (Å²) >= 11 is 0. The summed E-state index contributed by atoms with van der Waals surface area (Å²) in [6.07, 6.45) is 3.39. The second-order valence-corrected chi connectivity index (χ2v) is 3.52. The Morgan fingerprint density at radius 1 is 1.28 bits per heavy atom. The number of hydrogen-bond donors (Lipinski definition) is 1. The first kappa shape index (κ1) is 13.7.